The van der Waals surface area contributed by atoms with Gasteiger partial charge in [0.15, 0.2) is 6.29 Å². The Balaban J connectivity index is 2.09. The lowest BCUT2D eigenvalue weighted by molar-refractivity contribution is -0.178. The number of aliphatic carboxylic acids is 1. The second-order valence-electron chi connectivity index (χ2n) is 2.50. The van der Waals surface area contributed by atoms with E-state index in [1.54, 1.807) is 0 Å². The van der Waals surface area contributed by atoms with Crippen molar-refractivity contribution >= 4 is 5.97 Å². The van der Waals surface area contributed by atoms with E-state index in [9.17, 15) is 4.79 Å². The van der Waals surface area contributed by atoms with E-state index in [4.69, 9.17) is 14.6 Å². The molecule has 1 saturated heterocycles. The summed E-state index contributed by atoms with van der Waals surface area (Å²) in [5, 5.41) is 8.26. The molecule has 1 fully saturated rings. The zero-order valence-electron chi connectivity index (χ0n) is 6.28. The van der Waals surface area contributed by atoms with Gasteiger partial charge in [0.25, 0.3) is 0 Å². The third-order valence-corrected chi connectivity index (χ3v) is 1.53. The summed E-state index contributed by atoms with van der Waals surface area (Å²) in [6, 6.07) is 0. The molecule has 1 unspecified atom stereocenters. The molecule has 0 saturated carbocycles. The third-order valence-electron chi connectivity index (χ3n) is 1.53. The molecule has 1 heterocycles. The lowest BCUT2D eigenvalue weighted by Crippen LogP contribution is -2.24. The van der Waals surface area contributed by atoms with E-state index >= 15 is 0 Å². The van der Waals surface area contributed by atoms with Crippen molar-refractivity contribution in [2.24, 2.45) is 0 Å². The summed E-state index contributed by atoms with van der Waals surface area (Å²) in [4.78, 5) is 10.1. The van der Waals surface area contributed by atoms with Crippen LogP contribution in [0.25, 0.3) is 0 Å². The molecule has 0 radical (unpaired) electrons. The van der Waals surface area contributed by atoms with E-state index in [-0.39, 0.29) is 12.9 Å². The van der Waals surface area contributed by atoms with Crippen molar-refractivity contribution in [1.29, 1.82) is 0 Å². The molecule has 1 aliphatic rings. The average molecular weight is 160 g/mol. The molecular formula is C7H12O4. The van der Waals surface area contributed by atoms with Gasteiger partial charge in [0.05, 0.1) is 0 Å². The standard InChI is InChI=1S/C7H12O4/c8-6(9)5-11-7-3-1-2-4-10-7/h7H,1-5H2,(H,8,9). The van der Waals surface area contributed by atoms with Crippen LogP contribution in [0.1, 0.15) is 19.3 Å². The van der Waals surface area contributed by atoms with Crippen LogP contribution in [0, 0.1) is 0 Å². The molecule has 0 aromatic rings. The third kappa shape index (κ3) is 3.34. The van der Waals surface area contributed by atoms with Crippen molar-refractivity contribution in [2.75, 3.05) is 13.2 Å². The van der Waals surface area contributed by atoms with Crippen molar-refractivity contribution in [3.8, 4) is 0 Å². The molecule has 1 N–H and O–H groups in total. The fourth-order valence-electron chi connectivity index (χ4n) is 1.01. The molecule has 1 atom stereocenters. The number of hydrogen-bond acceptors (Lipinski definition) is 3. The van der Waals surface area contributed by atoms with Crippen LogP contribution in [0.4, 0.5) is 0 Å². The molecular weight excluding hydrogens is 148 g/mol. The van der Waals surface area contributed by atoms with Gasteiger partial charge >= 0.3 is 5.97 Å². The van der Waals surface area contributed by atoms with Crippen LogP contribution >= 0.6 is 0 Å². The predicted molar refractivity (Wildman–Crippen MR) is 37.2 cm³/mol. The largest absolute Gasteiger partial charge is 0.480 e. The summed E-state index contributed by atoms with van der Waals surface area (Å²) >= 11 is 0. The smallest absolute Gasteiger partial charge is 0.329 e. The Morgan fingerprint density at radius 2 is 2.45 bits per heavy atom. The summed E-state index contributed by atoms with van der Waals surface area (Å²) < 4.78 is 10.1. The Bertz CT molecular complexity index is 128. The number of carboxylic acid groups (broad SMARTS) is 1. The highest BCUT2D eigenvalue weighted by molar-refractivity contribution is 5.67. The minimum absolute atomic E-state index is 0.259. The summed E-state index contributed by atoms with van der Waals surface area (Å²) in [7, 11) is 0. The van der Waals surface area contributed by atoms with E-state index in [1.807, 2.05) is 0 Å². The Labute approximate surface area is 65.1 Å². The van der Waals surface area contributed by atoms with Gasteiger partial charge in [-0.25, -0.2) is 4.79 Å². The second kappa shape index (κ2) is 4.31. The first-order chi connectivity index (χ1) is 5.29. The van der Waals surface area contributed by atoms with Crippen molar-refractivity contribution in [3.63, 3.8) is 0 Å². The Hall–Kier alpha value is -0.610. The van der Waals surface area contributed by atoms with Crippen molar-refractivity contribution in [2.45, 2.75) is 25.6 Å². The van der Waals surface area contributed by atoms with Crippen molar-refractivity contribution in [1.82, 2.24) is 0 Å². The lowest BCUT2D eigenvalue weighted by Gasteiger charge is -2.21. The van der Waals surface area contributed by atoms with Crippen LogP contribution in [-0.2, 0) is 14.3 Å². The predicted octanol–water partition coefficient (Wildman–Crippen LogP) is 0.614. The van der Waals surface area contributed by atoms with Gasteiger partial charge in [-0.3, -0.25) is 0 Å². The molecule has 0 spiro atoms. The van der Waals surface area contributed by atoms with Gasteiger partial charge in [-0.2, -0.15) is 0 Å². The van der Waals surface area contributed by atoms with Gasteiger partial charge in [0.2, 0.25) is 0 Å². The summed E-state index contributed by atoms with van der Waals surface area (Å²) in [5.41, 5.74) is 0. The molecule has 1 rings (SSSR count). The van der Waals surface area contributed by atoms with E-state index in [0.29, 0.717) is 6.61 Å². The molecule has 64 valence electrons. The first-order valence-corrected chi connectivity index (χ1v) is 3.74. The number of hydrogen-bond donors (Lipinski definition) is 1. The molecule has 0 bridgehead atoms. The maximum absolute atomic E-state index is 10.1. The van der Waals surface area contributed by atoms with E-state index in [2.05, 4.69) is 0 Å². The molecule has 0 aromatic heterocycles. The van der Waals surface area contributed by atoms with Crippen molar-refractivity contribution < 1.29 is 19.4 Å². The highest BCUT2D eigenvalue weighted by atomic mass is 16.7. The second-order valence-corrected chi connectivity index (χ2v) is 2.50. The minimum Gasteiger partial charge on any atom is -0.480 e. The zero-order chi connectivity index (χ0) is 8.10. The van der Waals surface area contributed by atoms with Crippen LogP contribution in [0.15, 0.2) is 0 Å². The van der Waals surface area contributed by atoms with Gasteiger partial charge in [-0.05, 0) is 19.3 Å². The molecule has 4 heteroatoms. The highest BCUT2D eigenvalue weighted by Crippen LogP contribution is 2.12. The summed E-state index contributed by atoms with van der Waals surface area (Å²) in [5.74, 6) is -0.945. The van der Waals surface area contributed by atoms with Gasteiger partial charge in [-0.1, -0.05) is 0 Å². The lowest BCUT2D eigenvalue weighted by atomic mass is 10.2. The minimum atomic E-state index is -0.945. The van der Waals surface area contributed by atoms with E-state index in [0.717, 1.165) is 19.3 Å². The van der Waals surface area contributed by atoms with Gasteiger partial charge in [-0.15, -0.1) is 0 Å². The van der Waals surface area contributed by atoms with Crippen LogP contribution in [0.5, 0.6) is 0 Å². The summed E-state index contributed by atoms with van der Waals surface area (Å²) in [6.07, 6.45) is 2.63. The zero-order valence-corrected chi connectivity index (χ0v) is 6.28. The van der Waals surface area contributed by atoms with Crippen molar-refractivity contribution in [3.05, 3.63) is 0 Å². The number of rotatable bonds is 3. The monoisotopic (exact) mass is 160 g/mol. The van der Waals surface area contributed by atoms with Gasteiger partial charge < -0.3 is 14.6 Å². The SMILES string of the molecule is O=C(O)COC1CCCCO1. The quantitative estimate of drug-likeness (QED) is 0.657. The molecule has 4 nitrogen and oxygen atoms in total. The molecule has 0 amide bonds. The number of carbonyl (C=O) groups is 1. The normalized spacial score (nSPS) is 24.9. The fraction of sp³-hybridized carbons (Fsp3) is 0.857. The number of ether oxygens (including phenoxy) is 2. The van der Waals surface area contributed by atoms with Crippen LogP contribution in [-0.4, -0.2) is 30.6 Å². The highest BCUT2D eigenvalue weighted by Gasteiger charge is 2.14. The summed E-state index contributed by atoms with van der Waals surface area (Å²) in [6.45, 7) is 0.426. The van der Waals surface area contributed by atoms with Crippen LogP contribution < -0.4 is 0 Å². The van der Waals surface area contributed by atoms with Gasteiger partial charge in [0.1, 0.15) is 6.61 Å². The van der Waals surface area contributed by atoms with Crippen LogP contribution in [0.3, 0.4) is 0 Å². The molecule has 1 aliphatic heterocycles. The average Bonchev–Trinajstić information content (AvgIpc) is 2.03. The first-order valence-electron chi connectivity index (χ1n) is 3.74. The Morgan fingerprint density at radius 3 is 3.00 bits per heavy atom. The molecule has 11 heavy (non-hydrogen) atoms. The van der Waals surface area contributed by atoms with Gasteiger partial charge in [0, 0.05) is 6.61 Å². The Morgan fingerprint density at radius 1 is 1.64 bits per heavy atom. The number of carboxylic acids is 1. The van der Waals surface area contributed by atoms with E-state index in [1.165, 1.54) is 0 Å². The maximum Gasteiger partial charge on any atom is 0.329 e. The topological polar surface area (TPSA) is 55.8 Å². The maximum atomic E-state index is 10.1. The Kier molecular flexibility index (Phi) is 3.32. The molecule has 0 aromatic carbocycles. The fourth-order valence-corrected chi connectivity index (χ4v) is 1.01. The van der Waals surface area contributed by atoms with Crippen LogP contribution in [0.2, 0.25) is 0 Å². The van der Waals surface area contributed by atoms with E-state index < -0.39 is 5.97 Å². The molecule has 0 aliphatic carbocycles. The first kappa shape index (κ1) is 8.49.